The first-order valence-corrected chi connectivity index (χ1v) is 9.00. The standard InChI is InChI=1S/C16H24ClNO3S/c1-3-21-15(19)12-6-8-16(20,9-7-12)10-18-11(2)13-4-5-14(17)22-13/h4-5,11-12,18,20H,3,6-10H2,1-2H3/t11-,12?,16?/m1/s1. The molecule has 1 atom stereocenters. The number of carbonyl (C=O) groups excluding carboxylic acids is 1. The molecular weight excluding hydrogens is 322 g/mol. The van der Waals surface area contributed by atoms with Crippen LogP contribution >= 0.6 is 22.9 Å². The third-order valence-corrected chi connectivity index (χ3v) is 5.71. The van der Waals surface area contributed by atoms with Crippen molar-refractivity contribution in [3.8, 4) is 0 Å². The number of rotatable bonds is 6. The Kier molecular flexibility index (Phi) is 6.26. The summed E-state index contributed by atoms with van der Waals surface area (Å²) < 4.78 is 5.84. The molecule has 1 aliphatic carbocycles. The van der Waals surface area contributed by atoms with Crippen molar-refractivity contribution in [3.05, 3.63) is 21.3 Å². The Hall–Kier alpha value is -0.620. The summed E-state index contributed by atoms with van der Waals surface area (Å²) in [4.78, 5) is 12.9. The molecule has 0 saturated heterocycles. The van der Waals surface area contributed by atoms with Crippen LogP contribution in [0.1, 0.15) is 50.4 Å². The van der Waals surface area contributed by atoms with Crippen LogP contribution in [-0.4, -0.2) is 29.8 Å². The zero-order valence-corrected chi connectivity index (χ0v) is 14.7. The number of nitrogens with one attached hydrogen (secondary N) is 1. The van der Waals surface area contributed by atoms with Gasteiger partial charge in [-0.2, -0.15) is 0 Å². The number of carbonyl (C=O) groups is 1. The van der Waals surface area contributed by atoms with E-state index < -0.39 is 5.60 Å². The summed E-state index contributed by atoms with van der Waals surface area (Å²) in [6.45, 7) is 4.83. The van der Waals surface area contributed by atoms with Gasteiger partial charge in [-0.1, -0.05) is 11.6 Å². The summed E-state index contributed by atoms with van der Waals surface area (Å²) in [6.07, 6.45) is 2.63. The zero-order chi connectivity index (χ0) is 16.2. The van der Waals surface area contributed by atoms with Gasteiger partial charge in [-0.05, 0) is 51.7 Å². The number of hydrogen-bond acceptors (Lipinski definition) is 5. The molecule has 2 N–H and O–H groups in total. The lowest BCUT2D eigenvalue weighted by atomic mass is 9.78. The number of esters is 1. The molecule has 0 spiro atoms. The number of aliphatic hydroxyl groups is 1. The zero-order valence-electron chi connectivity index (χ0n) is 13.1. The molecule has 22 heavy (non-hydrogen) atoms. The van der Waals surface area contributed by atoms with Crippen molar-refractivity contribution in [2.75, 3.05) is 13.2 Å². The molecule has 0 bridgehead atoms. The first-order chi connectivity index (χ1) is 10.4. The lowest BCUT2D eigenvalue weighted by Crippen LogP contribution is -2.45. The van der Waals surface area contributed by atoms with Crippen molar-refractivity contribution in [1.29, 1.82) is 0 Å². The van der Waals surface area contributed by atoms with E-state index in [1.54, 1.807) is 11.3 Å². The van der Waals surface area contributed by atoms with Crippen molar-refractivity contribution in [3.63, 3.8) is 0 Å². The van der Waals surface area contributed by atoms with Crippen molar-refractivity contribution in [2.24, 2.45) is 5.92 Å². The summed E-state index contributed by atoms with van der Waals surface area (Å²) in [5.41, 5.74) is -0.738. The van der Waals surface area contributed by atoms with E-state index in [-0.39, 0.29) is 17.9 Å². The van der Waals surface area contributed by atoms with Gasteiger partial charge in [0.1, 0.15) is 0 Å². The Morgan fingerprint density at radius 2 is 2.23 bits per heavy atom. The minimum atomic E-state index is -0.738. The quantitative estimate of drug-likeness (QED) is 0.774. The average molecular weight is 346 g/mol. The molecule has 0 unspecified atom stereocenters. The van der Waals surface area contributed by atoms with Gasteiger partial charge in [-0.15, -0.1) is 11.3 Å². The molecule has 1 saturated carbocycles. The van der Waals surface area contributed by atoms with E-state index in [9.17, 15) is 9.90 Å². The Morgan fingerprint density at radius 3 is 2.77 bits per heavy atom. The van der Waals surface area contributed by atoms with Gasteiger partial charge in [0, 0.05) is 17.5 Å². The molecule has 2 rings (SSSR count). The molecule has 124 valence electrons. The van der Waals surface area contributed by atoms with Crippen LogP contribution in [0.2, 0.25) is 4.34 Å². The first kappa shape index (κ1) is 17.7. The van der Waals surface area contributed by atoms with Crippen LogP contribution in [0.3, 0.4) is 0 Å². The highest BCUT2D eigenvalue weighted by molar-refractivity contribution is 7.16. The number of halogens is 1. The Bertz CT molecular complexity index is 497. The fourth-order valence-corrected chi connectivity index (χ4v) is 3.92. The summed E-state index contributed by atoms with van der Waals surface area (Å²) in [5, 5.41) is 14.0. The maximum atomic E-state index is 11.7. The van der Waals surface area contributed by atoms with E-state index in [4.69, 9.17) is 16.3 Å². The highest BCUT2D eigenvalue weighted by Crippen LogP contribution is 2.33. The Morgan fingerprint density at radius 1 is 1.55 bits per heavy atom. The second-order valence-electron chi connectivity index (χ2n) is 6.00. The van der Waals surface area contributed by atoms with Crippen LogP contribution in [0, 0.1) is 5.92 Å². The lowest BCUT2D eigenvalue weighted by molar-refractivity contribution is -0.151. The smallest absolute Gasteiger partial charge is 0.308 e. The predicted molar refractivity (Wildman–Crippen MR) is 89.3 cm³/mol. The summed E-state index contributed by atoms with van der Waals surface area (Å²) >= 11 is 7.50. The van der Waals surface area contributed by atoms with Crippen molar-refractivity contribution >= 4 is 28.9 Å². The SMILES string of the molecule is CCOC(=O)C1CCC(O)(CN[C@H](C)c2ccc(Cl)s2)CC1. The molecule has 0 radical (unpaired) electrons. The molecule has 6 heteroatoms. The Balaban J connectivity index is 1.80. The molecule has 1 aliphatic rings. The largest absolute Gasteiger partial charge is 0.466 e. The topological polar surface area (TPSA) is 58.6 Å². The fraction of sp³-hybridized carbons (Fsp3) is 0.688. The van der Waals surface area contributed by atoms with E-state index in [1.165, 1.54) is 0 Å². The van der Waals surface area contributed by atoms with Gasteiger partial charge in [0.05, 0.1) is 22.5 Å². The van der Waals surface area contributed by atoms with Crippen molar-refractivity contribution in [1.82, 2.24) is 5.32 Å². The fourth-order valence-electron chi connectivity index (χ4n) is 2.83. The van der Waals surface area contributed by atoms with Gasteiger partial charge in [0.25, 0.3) is 0 Å². The average Bonchev–Trinajstić information content (AvgIpc) is 2.92. The maximum Gasteiger partial charge on any atom is 0.308 e. The minimum Gasteiger partial charge on any atom is -0.466 e. The molecule has 0 aromatic carbocycles. The van der Waals surface area contributed by atoms with Gasteiger partial charge < -0.3 is 15.2 Å². The molecule has 1 aromatic rings. The predicted octanol–water partition coefficient (Wildman–Crippen LogP) is 3.54. The number of ether oxygens (including phenoxy) is 1. The van der Waals surface area contributed by atoms with E-state index >= 15 is 0 Å². The molecule has 1 heterocycles. The van der Waals surface area contributed by atoms with Crippen molar-refractivity contribution < 1.29 is 14.6 Å². The first-order valence-electron chi connectivity index (χ1n) is 7.81. The second-order valence-corrected chi connectivity index (χ2v) is 7.74. The summed E-state index contributed by atoms with van der Waals surface area (Å²) in [7, 11) is 0. The molecular formula is C16H24ClNO3S. The monoisotopic (exact) mass is 345 g/mol. The van der Waals surface area contributed by atoms with Crippen LogP contribution in [-0.2, 0) is 9.53 Å². The van der Waals surface area contributed by atoms with Crippen LogP contribution in [0.4, 0.5) is 0 Å². The van der Waals surface area contributed by atoms with Gasteiger partial charge in [-0.3, -0.25) is 4.79 Å². The van der Waals surface area contributed by atoms with Crippen LogP contribution in [0.15, 0.2) is 12.1 Å². The van der Waals surface area contributed by atoms with E-state index in [0.29, 0.717) is 38.8 Å². The summed E-state index contributed by atoms with van der Waals surface area (Å²) in [5.74, 6) is -0.187. The van der Waals surface area contributed by atoms with Gasteiger partial charge in [0.2, 0.25) is 0 Å². The van der Waals surface area contributed by atoms with E-state index in [0.717, 1.165) is 9.21 Å². The molecule has 4 nitrogen and oxygen atoms in total. The number of thiophene rings is 1. The molecule has 0 amide bonds. The second kappa shape index (κ2) is 7.77. The third kappa shape index (κ3) is 4.69. The van der Waals surface area contributed by atoms with E-state index in [1.807, 2.05) is 19.1 Å². The number of hydrogen-bond donors (Lipinski definition) is 2. The lowest BCUT2D eigenvalue weighted by Gasteiger charge is -2.36. The minimum absolute atomic E-state index is 0.0613. The third-order valence-electron chi connectivity index (χ3n) is 4.29. The van der Waals surface area contributed by atoms with Gasteiger partial charge in [0.15, 0.2) is 0 Å². The van der Waals surface area contributed by atoms with Crippen molar-refractivity contribution in [2.45, 2.75) is 51.2 Å². The maximum absolute atomic E-state index is 11.7. The van der Waals surface area contributed by atoms with Crippen LogP contribution < -0.4 is 5.32 Å². The Labute approximate surface area is 140 Å². The van der Waals surface area contributed by atoms with Gasteiger partial charge in [-0.25, -0.2) is 0 Å². The molecule has 1 fully saturated rings. The summed E-state index contributed by atoms with van der Waals surface area (Å²) in [6, 6.07) is 4.05. The van der Waals surface area contributed by atoms with E-state index in [2.05, 4.69) is 12.2 Å². The highest BCUT2D eigenvalue weighted by Gasteiger charge is 2.36. The molecule has 0 aliphatic heterocycles. The highest BCUT2D eigenvalue weighted by atomic mass is 35.5. The normalized spacial score (nSPS) is 26.6. The van der Waals surface area contributed by atoms with Crippen LogP contribution in [0.5, 0.6) is 0 Å². The van der Waals surface area contributed by atoms with Gasteiger partial charge >= 0.3 is 5.97 Å². The molecule has 1 aromatic heterocycles. The van der Waals surface area contributed by atoms with Crippen LogP contribution in [0.25, 0.3) is 0 Å².